The first-order valence-electron chi connectivity index (χ1n) is 7.04. The molecule has 2 heterocycles. The Hall–Kier alpha value is -1.59. The third kappa shape index (κ3) is 3.49. The monoisotopic (exact) mass is 276 g/mol. The Morgan fingerprint density at radius 2 is 2.25 bits per heavy atom. The first-order chi connectivity index (χ1) is 9.59. The number of likely N-dealkylation sites (N-methyl/N-ethyl adjacent to an activating group) is 1. The van der Waals surface area contributed by atoms with Crippen molar-refractivity contribution >= 4 is 0 Å². The summed E-state index contributed by atoms with van der Waals surface area (Å²) in [4.78, 5) is 6.74. The minimum Gasteiger partial charge on any atom is -0.467 e. The maximum absolute atomic E-state index is 5.55. The van der Waals surface area contributed by atoms with E-state index in [1.54, 1.807) is 6.26 Å². The van der Waals surface area contributed by atoms with Crippen LogP contribution in [0, 0.1) is 0 Å². The SMILES string of the molecule is CC(C)N(C)CCNC(c1ccco1)c1nccn1C. The molecule has 2 rings (SSSR count). The molecular weight excluding hydrogens is 252 g/mol. The molecule has 2 aromatic heterocycles. The minimum absolute atomic E-state index is 0.00874. The summed E-state index contributed by atoms with van der Waals surface area (Å²) in [7, 11) is 4.13. The van der Waals surface area contributed by atoms with Gasteiger partial charge in [-0.05, 0) is 33.0 Å². The summed E-state index contributed by atoms with van der Waals surface area (Å²) in [5.41, 5.74) is 0. The second-order valence-electron chi connectivity index (χ2n) is 5.37. The van der Waals surface area contributed by atoms with Gasteiger partial charge in [-0.1, -0.05) is 0 Å². The van der Waals surface area contributed by atoms with E-state index in [0.29, 0.717) is 6.04 Å². The van der Waals surface area contributed by atoms with Crippen molar-refractivity contribution in [3.05, 3.63) is 42.4 Å². The summed E-state index contributed by atoms with van der Waals surface area (Å²) in [6, 6.07) is 4.43. The van der Waals surface area contributed by atoms with Gasteiger partial charge in [0.1, 0.15) is 17.6 Å². The summed E-state index contributed by atoms with van der Waals surface area (Å²) in [6.45, 7) is 6.26. The van der Waals surface area contributed by atoms with Crippen LogP contribution in [0.4, 0.5) is 0 Å². The van der Waals surface area contributed by atoms with Gasteiger partial charge in [-0.15, -0.1) is 0 Å². The molecule has 0 saturated carbocycles. The Bertz CT molecular complexity index is 504. The lowest BCUT2D eigenvalue weighted by Crippen LogP contribution is -2.36. The Labute approximate surface area is 120 Å². The smallest absolute Gasteiger partial charge is 0.133 e. The molecule has 0 spiro atoms. The van der Waals surface area contributed by atoms with Gasteiger partial charge in [0, 0.05) is 38.6 Å². The molecule has 5 heteroatoms. The number of imidazole rings is 1. The molecule has 0 bridgehead atoms. The van der Waals surface area contributed by atoms with Crippen molar-refractivity contribution in [1.82, 2.24) is 19.8 Å². The Kier molecular flexibility index (Phi) is 4.98. The van der Waals surface area contributed by atoms with E-state index in [-0.39, 0.29) is 6.04 Å². The molecular formula is C15H24N4O. The summed E-state index contributed by atoms with van der Waals surface area (Å²) in [6.07, 6.45) is 5.47. The molecule has 0 aliphatic carbocycles. The highest BCUT2D eigenvalue weighted by molar-refractivity contribution is 5.15. The number of aryl methyl sites for hydroxylation is 1. The number of hydrogen-bond acceptors (Lipinski definition) is 4. The predicted octanol–water partition coefficient (Wildman–Crippen LogP) is 2.03. The predicted molar refractivity (Wildman–Crippen MR) is 79.5 cm³/mol. The number of furan rings is 1. The average molecular weight is 276 g/mol. The molecule has 0 radical (unpaired) electrons. The summed E-state index contributed by atoms with van der Waals surface area (Å²) in [5, 5.41) is 3.53. The molecule has 2 aromatic rings. The fraction of sp³-hybridized carbons (Fsp3) is 0.533. The van der Waals surface area contributed by atoms with Crippen LogP contribution in [-0.4, -0.2) is 40.6 Å². The molecule has 1 atom stereocenters. The first-order valence-corrected chi connectivity index (χ1v) is 7.04. The van der Waals surface area contributed by atoms with Crippen molar-refractivity contribution in [3.8, 4) is 0 Å². The van der Waals surface area contributed by atoms with E-state index >= 15 is 0 Å². The van der Waals surface area contributed by atoms with Crippen LogP contribution in [0.25, 0.3) is 0 Å². The molecule has 1 N–H and O–H groups in total. The normalized spacial score (nSPS) is 13.3. The number of nitrogens with one attached hydrogen (secondary N) is 1. The van der Waals surface area contributed by atoms with Gasteiger partial charge >= 0.3 is 0 Å². The van der Waals surface area contributed by atoms with Crippen LogP contribution in [0.15, 0.2) is 35.2 Å². The number of aromatic nitrogens is 2. The van der Waals surface area contributed by atoms with Crippen LogP contribution >= 0.6 is 0 Å². The summed E-state index contributed by atoms with van der Waals surface area (Å²) < 4.78 is 7.57. The third-order valence-corrected chi connectivity index (χ3v) is 3.64. The molecule has 0 amide bonds. The van der Waals surface area contributed by atoms with Crippen LogP contribution in [0.2, 0.25) is 0 Å². The average Bonchev–Trinajstić information content (AvgIpc) is 3.06. The van der Waals surface area contributed by atoms with Crippen molar-refractivity contribution in [2.45, 2.75) is 25.9 Å². The minimum atomic E-state index is -0.00874. The lowest BCUT2D eigenvalue weighted by atomic mass is 10.2. The van der Waals surface area contributed by atoms with E-state index < -0.39 is 0 Å². The largest absolute Gasteiger partial charge is 0.467 e. The number of nitrogens with zero attached hydrogens (tertiary/aromatic N) is 3. The zero-order valence-corrected chi connectivity index (χ0v) is 12.7. The van der Waals surface area contributed by atoms with Crippen LogP contribution in [0.3, 0.4) is 0 Å². The first kappa shape index (κ1) is 14.8. The quantitative estimate of drug-likeness (QED) is 0.840. The van der Waals surface area contributed by atoms with Gasteiger partial charge in [0.15, 0.2) is 0 Å². The fourth-order valence-corrected chi connectivity index (χ4v) is 2.07. The second kappa shape index (κ2) is 6.72. The van der Waals surface area contributed by atoms with Gasteiger partial charge in [-0.25, -0.2) is 4.98 Å². The van der Waals surface area contributed by atoms with Gasteiger partial charge in [0.05, 0.1) is 6.26 Å². The molecule has 5 nitrogen and oxygen atoms in total. The maximum Gasteiger partial charge on any atom is 0.133 e. The van der Waals surface area contributed by atoms with Gasteiger partial charge < -0.3 is 13.9 Å². The fourth-order valence-electron chi connectivity index (χ4n) is 2.07. The molecule has 0 aromatic carbocycles. The van der Waals surface area contributed by atoms with Crippen molar-refractivity contribution in [2.24, 2.45) is 7.05 Å². The van der Waals surface area contributed by atoms with E-state index in [4.69, 9.17) is 4.42 Å². The molecule has 0 aliphatic rings. The van der Waals surface area contributed by atoms with E-state index in [0.717, 1.165) is 24.7 Å². The molecule has 1 unspecified atom stereocenters. The Balaban J connectivity index is 2.04. The zero-order valence-electron chi connectivity index (χ0n) is 12.7. The molecule has 0 fully saturated rings. The topological polar surface area (TPSA) is 46.2 Å². The van der Waals surface area contributed by atoms with Crippen LogP contribution < -0.4 is 5.32 Å². The summed E-state index contributed by atoms with van der Waals surface area (Å²) >= 11 is 0. The van der Waals surface area contributed by atoms with E-state index in [2.05, 4.69) is 36.1 Å². The van der Waals surface area contributed by atoms with Crippen molar-refractivity contribution in [1.29, 1.82) is 0 Å². The van der Waals surface area contributed by atoms with Gasteiger partial charge in [-0.2, -0.15) is 0 Å². The summed E-state index contributed by atoms with van der Waals surface area (Å²) in [5.74, 6) is 1.86. The standard InChI is InChI=1S/C15H24N4O/c1-12(2)18(3)9-7-16-14(13-6-5-11-20-13)15-17-8-10-19(15)4/h5-6,8,10-12,14,16H,7,9H2,1-4H3. The highest BCUT2D eigenvalue weighted by Crippen LogP contribution is 2.20. The Morgan fingerprint density at radius 3 is 2.80 bits per heavy atom. The van der Waals surface area contributed by atoms with Crippen molar-refractivity contribution < 1.29 is 4.42 Å². The number of hydrogen-bond donors (Lipinski definition) is 1. The highest BCUT2D eigenvalue weighted by Gasteiger charge is 2.20. The maximum atomic E-state index is 5.55. The van der Waals surface area contributed by atoms with Crippen molar-refractivity contribution in [2.75, 3.05) is 20.1 Å². The van der Waals surface area contributed by atoms with Crippen LogP contribution in [0.5, 0.6) is 0 Å². The van der Waals surface area contributed by atoms with Gasteiger partial charge in [0.2, 0.25) is 0 Å². The van der Waals surface area contributed by atoms with E-state index in [9.17, 15) is 0 Å². The molecule has 110 valence electrons. The van der Waals surface area contributed by atoms with Crippen LogP contribution in [0.1, 0.15) is 31.5 Å². The molecule has 0 saturated heterocycles. The molecule has 0 aliphatic heterocycles. The second-order valence-corrected chi connectivity index (χ2v) is 5.37. The van der Waals surface area contributed by atoms with Crippen molar-refractivity contribution in [3.63, 3.8) is 0 Å². The van der Waals surface area contributed by atoms with E-state index in [1.165, 1.54) is 0 Å². The van der Waals surface area contributed by atoms with Gasteiger partial charge in [0.25, 0.3) is 0 Å². The van der Waals surface area contributed by atoms with Crippen LogP contribution in [-0.2, 0) is 7.05 Å². The van der Waals surface area contributed by atoms with Gasteiger partial charge in [-0.3, -0.25) is 5.32 Å². The molecule has 20 heavy (non-hydrogen) atoms. The zero-order chi connectivity index (χ0) is 14.5. The van der Waals surface area contributed by atoms with E-state index in [1.807, 2.05) is 36.1 Å². The highest BCUT2D eigenvalue weighted by atomic mass is 16.3. The lowest BCUT2D eigenvalue weighted by Gasteiger charge is -2.23. The lowest BCUT2D eigenvalue weighted by molar-refractivity contribution is 0.268. The Morgan fingerprint density at radius 1 is 1.45 bits per heavy atom. The number of rotatable bonds is 7. The third-order valence-electron chi connectivity index (χ3n) is 3.64.